The van der Waals surface area contributed by atoms with Crippen LogP contribution in [0.3, 0.4) is 0 Å². The van der Waals surface area contributed by atoms with Gasteiger partial charge in [-0.3, -0.25) is 0 Å². The van der Waals surface area contributed by atoms with E-state index in [2.05, 4.69) is 119 Å². The van der Waals surface area contributed by atoms with Crippen LogP contribution in [0.15, 0.2) is 108 Å². The fraction of sp³-hybridized carbons (Fsp3) is 0. The van der Waals surface area contributed by atoms with Gasteiger partial charge in [0.2, 0.25) is 0 Å². The predicted octanol–water partition coefficient (Wildman–Crippen LogP) is 9.91. The Hall–Kier alpha value is -3.68. The third kappa shape index (κ3) is 2.11. The molecule has 8 aromatic carbocycles. The summed E-state index contributed by atoms with van der Waals surface area (Å²) in [7, 11) is 0. The maximum absolute atomic E-state index is 3.82. The summed E-state index contributed by atoms with van der Waals surface area (Å²) in [6, 6.07) is 37.9. The predicted molar refractivity (Wildman–Crippen MR) is 147 cm³/mol. The summed E-state index contributed by atoms with van der Waals surface area (Å²) in [6.07, 6.45) is 0. The van der Waals surface area contributed by atoms with E-state index < -0.39 is 0 Å². The summed E-state index contributed by atoms with van der Waals surface area (Å²) >= 11 is 3.82. The molecule has 152 valence electrons. The lowest BCUT2D eigenvalue weighted by atomic mass is 9.90. The van der Waals surface area contributed by atoms with Crippen LogP contribution in [-0.2, 0) is 0 Å². The van der Waals surface area contributed by atoms with E-state index in [1.54, 1.807) is 0 Å². The summed E-state index contributed by atoms with van der Waals surface area (Å²) in [6.45, 7) is 0. The van der Waals surface area contributed by atoms with E-state index in [0.29, 0.717) is 0 Å². The first kappa shape index (κ1) is 17.8. The second-order valence-corrected chi connectivity index (χ2v) is 9.82. The molecule has 0 aliphatic rings. The van der Waals surface area contributed by atoms with E-state index >= 15 is 0 Å². The highest BCUT2D eigenvalue weighted by Crippen LogP contribution is 2.53. The highest BCUT2D eigenvalue weighted by Gasteiger charge is 2.24. The zero-order chi connectivity index (χ0) is 21.7. The molecule has 0 saturated heterocycles. The molecule has 0 bridgehead atoms. The molecule has 8 aromatic rings. The topological polar surface area (TPSA) is 0 Å². The van der Waals surface area contributed by atoms with E-state index in [1.165, 1.54) is 75.8 Å². The summed E-state index contributed by atoms with van der Waals surface area (Å²) in [4.78, 5) is 0. The molecular weight excluding hydrogens is 464 g/mol. The van der Waals surface area contributed by atoms with Crippen LogP contribution in [0, 0.1) is 0 Å². The van der Waals surface area contributed by atoms with Crippen molar-refractivity contribution in [2.75, 3.05) is 0 Å². The van der Waals surface area contributed by atoms with E-state index in [-0.39, 0.29) is 0 Å². The normalized spacial score (nSPS) is 12.4. The van der Waals surface area contributed by atoms with Crippen molar-refractivity contribution in [3.63, 3.8) is 0 Å². The maximum Gasteiger partial charge on any atom is 0.0254 e. The zero-order valence-corrected chi connectivity index (χ0v) is 19.3. The molecule has 0 unspecified atom stereocenters. The first-order chi connectivity index (χ1) is 16.3. The van der Waals surface area contributed by atoms with Crippen LogP contribution in [0.5, 0.6) is 0 Å². The first-order valence-electron chi connectivity index (χ1n) is 11.3. The lowest BCUT2D eigenvalue weighted by Gasteiger charge is -2.12. The number of halogens is 1. The molecule has 0 amide bonds. The van der Waals surface area contributed by atoms with Gasteiger partial charge in [0.25, 0.3) is 0 Å². The van der Waals surface area contributed by atoms with Gasteiger partial charge in [-0.25, -0.2) is 0 Å². The molecule has 0 radical (unpaired) electrons. The summed E-state index contributed by atoms with van der Waals surface area (Å²) in [5.74, 6) is 0. The molecule has 8 rings (SSSR count). The van der Waals surface area contributed by atoms with Crippen molar-refractivity contribution in [1.82, 2.24) is 0 Å². The van der Waals surface area contributed by atoms with Crippen LogP contribution in [0.2, 0.25) is 0 Å². The number of hydrogen-bond acceptors (Lipinski definition) is 0. The number of hydrogen-bond donors (Lipinski definition) is 0. The van der Waals surface area contributed by atoms with Crippen molar-refractivity contribution < 1.29 is 0 Å². The molecule has 0 heterocycles. The van der Waals surface area contributed by atoms with Crippen LogP contribution in [-0.4, -0.2) is 0 Å². The van der Waals surface area contributed by atoms with Gasteiger partial charge in [0.1, 0.15) is 0 Å². The SMILES string of the molecule is Brc1ccc2c3c1cccc3c1c(-c3ccccc3)c3cccc4c5ccccc5c(c34)c21. The highest BCUT2D eigenvalue weighted by molar-refractivity contribution is 9.10. The summed E-state index contributed by atoms with van der Waals surface area (Å²) < 4.78 is 1.15. The van der Waals surface area contributed by atoms with Crippen LogP contribution in [0.4, 0.5) is 0 Å². The standard InChI is InChI=1S/C32H17Br/c33-26-17-16-25-28-22(26)13-7-15-24(28)31-27(18-8-2-1-3-9-18)23-14-6-12-20-19-10-4-5-11-21(19)30(29(20)23)32(25)31/h1-17H. The molecule has 0 nitrogen and oxygen atoms in total. The van der Waals surface area contributed by atoms with Gasteiger partial charge in [-0.15, -0.1) is 0 Å². The van der Waals surface area contributed by atoms with Gasteiger partial charge in [0, 0.05) is 4.47 Å². The van der Waals surface area contributed by atoms with E-state index in [1.807, 2.05) is 0 Å². The van der Waals surface area contributed by atoms with Gasteiger partial charge in [-0.2, -0.15) is 0 Å². The quantitative estimate of drug-likeness (QED) is 0.219. The van der Waals surface area contributed by atoms with Crippen LogP contribution < -0.4 is 0 Å². The summed E-state index contributed by atoms with van der Waals surface area (Å²) in [5.41, 5.74) is 2.62. The van der Waals surface area contributed by atoms with Gasteiger partial charge in [0.15, 0.2) is 0 Å². The number of fused-ring (bicyclic) bond motifs is 7. The monoisotopic (exact) mass is 480 g/mol. The molecular formula is C32H17Br. The fourth-order valence-corrected chi connectivity index (χ4v) is 6.66. The minimum atomic E-state index is 1.15. The molecule has 0 aliphatic carbocycles. The minimum Gasteiger partial charge on any atom is -0.0622 e. The average molecular weight is 481 g/mol. The Bertz CT molecular complexity index is 2020. The largest absolute Gasteiger partial charge is 0.0622 e. The third-order valence-electron chi connectivity index (χ3n) is 7.41. The van der Waals surface area contributed by atoms with Crippen molar-refractivity contribution in [2.45, 2.75) is 0 Å². The lowest BCUT2D eigenvalue weighted by Crippen LogP contribution is -1.84. The van der Waals surface area contributed by atoms with Gasteiger partial charge in [-0.1, -0.05) is 113 Å². The molecule has 0 atom stereocenters. The summed E-state index contributed by atoms with van der Waals surface area (Å²) in [5, 5.41) is 16.2. The molecule has 1 heteroatoms. The second kappa shape index (κ2) is 6.21. The Morgan fingerprint density at radius 3 is 1.76 bits per heavy atom. The van der Waals surface area contributed by atoms with Crippen LogP contribution in [0.25, 0.3) is 75.8 Å². The van der Waals surface area contributed by atoms with Crippen LogP contribution in [0.1, 0.15) is 0 Å². The molecule has 0 N–H and O–H groups in total. The number of benzene rings is 6. The first-order valence-corrected chi connectivity index (χ1v) is 12.1. The van der Waals surface area contributed by atoms with Crippen LogP contribution >= 0.6 is 15.9 Å². The lowest BCUT2D eigenvalue weighted by molar-refractivity contribution is 1.69. The highest BCUT2D eigenvalue weighted by atomic mass is 79.9. The molecule has 0 aliphatic heterocycles. The van der Waals surface area contributed by atoms with Gasteiger partial charge >= 0.3 is 0 Å². The third-order valence-corrected chi connectivity index (χ3v) is 8.10. The molecule has 0 spiro atoms. The van der Waals surface area contributed by atoms with Gasteiger partial charge in [-0.05, 0) is 81.8 Å². The van der Waals surface area contributed by atoms with Crippen molar-refractivity contribution in [3.05, 3.63) is 108 Å². The second-order valence-electron chi connectivity index (χ2n) is 8.96. The Balaban J connectivity index is 1.83. The Morgan fingerprint density at radius 2 is 0.909 bits per heavy atom. The van der Waals surface area contributed by atoms with Crippen molar-refractivity contribution >= 4 is 80.6 Å². The van der Waals surface area contributed by atoms with E-state index in [9.17, 15) is 0 Å². The Labute approximate surface area is 198 Å². The maximum atomic E-state index is 3.82. The zero-order valence-electron chi connectivity index (χ0n) is 17.7. The Kier molecular flexibility index (Phi) is 3.36. The Morgan fingerprint density at radius 1 is 0.333 bits per heavy atom. The van der Waals surface area contributed by atoms with E-state index in [4.69, 9.17) is 0 Å². The van der Waals surface area contributed by atoms with E-state index in [0.717, 1.165) is 4.47 Å². The van der Waals surface area contributed by atoms with Crippen molar-refractivity contribution in [2.24, 2.45) is 0 Å². The molecule has 0 fully saturated rings. The molecule has 0 aromatic heterocycles. The van der Waals surface area contributed by atoms with Gasteiger partial charge < -0.3 is 0 Å². The van der Waals surface area contributed by atoms with Crippen molar-refractivity contribution in [3.8, 4) is 11.1 Å². The molecule has 0 saturated carbocycles. The average Bonchev–Trinajstić information content (AvgIpc) is 3.38. The van der Waals surface area contributed by atoms with Crippen molar-refractivity contribution in [1.29, 1.82) is 0 Å². The molecule has 33 heavy (non-hydrogen) atoms. The number of rotatable bonds is 1. The smallest absolute Gasteiger partial charge is 0.0254 e. The fourth-order valence-electron chi connectivity index (χ4n) is 6.20. The van der Waals surface area contributed by atoms with Gasteiger partial charge in [0.05, 0.1) is 0 Å². The minimum absolute atomic E-state index is 1.15.